The number of aryl methyl sites for hydroxylation is 1. The van der Waals surface area contributed by atoms with Gasteiger partial charge in [-0.3, -0.25) is 0 Å². The molecule has 1 heterocycles. The smallest absolute Gasteiger partial charge is 0.0945 e. The standard InChI is InChI=1S/C12H17NO2/c14-9-11(15)8-13-7-3-5-10-4-1-2-6-12(10)13/h1-2,4,6,11,14-15H,3,5,7-9H2/t11-/m1/s1. The molecule has 1 aliphatic rings. The Labute approximate surface area is 90.0 Å². The topological polar surface area (TPSA) is 43.7 Å². The molecule has 1 aromatic rings. The molecule has 15 heavy (non-hydrogen) atoms. The van der Waals surface area contributed by atoms with Gasteiger partial charge in [-0.2, -0.15) is 0 Å². The molecule has 0 unspecified atom stereocenters. The number of hydrogen-bond acceptors (Lipinski definition) is 3. The first kappa shape index (κ1) is 10.5. The van der Waals surface area contributed by atoms with Crippen molar-refractivity contribution in [1.82, 2.24) is 0 Å². The van der Waals surface area contributed by atoms with E-state index in [9.17, 15) is 5.11 Å². The average Bonchev–Trinajstić information content (AvgIpc) is 2.29. The molecule has 0 saturated heterocycles. The predicted octanol–water partition coefficient (Wildman–Crippen LogP) is 0.792. The monoisotopic (exact) mass is 207 g/mol. The third-order valence-corrected chi connectivity index (χ3v) is 2.85. The van der Waals surface area contributed by atoms with Gasteiger partial charge in [-0.15, -0.1) is 0 Å². The Balaban J connectivity index is 2.15. The molecule has 0 bridgehead atoms. The molecule has 3 nitrogen and oxygen atoms in total. The second-order valence-corrected chi connectivity index (χ2v) is 4.01. The third-order valence-electron chi connectivity index (χ3n) is 2.85. The summed E-state index contributed by atoms with van der Waals surface area (Å²) in [6.45, 7) is 1.32. The van der Waals surface area contributed by atoms with E-state index in [4.69, 9.17) is 5.11 Å². The van der Waals surface area contributed by atoms with Crippen LogP contribution in [0, 0.1) is 0 Å². The zero-order valence-electron chi connectivity index (χ0n) is 8.76. The lowest BCUT2D eigenvalue weighted by molar-refractivity contribution is 0.0996. The number of aliphatic hydroxyl groups is 2. The molecule has 0 aliphatic carbocycles. The second-order valence-electron chi connectivity index (χ2n) is 4.01. The summed E-state index contributed by atoms with van der Waals surface area (Å²) in [5, 5.41) is 18.3. The molecule has 3 heteroatoms. The van der Waals surface area contributed by atoms with E-state index in [1.165, 1.54) is 11.3 Å². The lowest BCUT2D eigenvalue weighted by atomic mass is 10.0. The molecule has 2 rings (SSSR count). The number of benzene rings is 1. The van der Waals surface area contributed by atoms with Crippen molar-refractivity contribution in [3.05, 3.63) is 29.8 Å². The number of nitrogens with zero attached hydrogens (tertiary/aromatic N) is 1. The molecule has 82 valence electrons. The Morgan fingerprint density at radius 1 is 1.33 bits per heavy atom. The van der Waals surface area contributed by atoms with Crippen LogP contribution in [0.1, 0.15) is 12.0 Å². The Hall–Kier alpha value is -1.06. The molecule has 0 saturated carbocycles. The number of aliphatic hydroxyl groups excluding tert-OH is 2. The van der Waals surface area contributed by atoms with E-state index in [1.807, 2.05) is 12.1 Å². The van der Waals surface area contributed by atoms with E-state index >= 15 is 0 Å². The van der Waals surface area contributed by atoms with Crippen LogP contribution in [0.5, 0.6) is 0 Å². The summed E-state index contributed by atoms with van der Waals surface area (Å²) >= 11 is 0. The van der Waals surface area contributed by atoms with Crippen LogP contribution in [0.15, 0.2) is 24.3 Å². The van der Waals surface area contributed by atoms with Gasteiger partial charge in [-0.05, 0) is 24.5 Å². The number of anilines is 1. The normalized spacial score (nSPS) is 17.3. The molecular weight excluding hydrogens is 190 g/mol. The van der Waals surface area contributed by atoms with Gasteiger partial charge in [0.15, 0.2) is 0 Å². The number of β-amino-alcohol motifs (C(OH)–C–C–N with tert-alkyl or cyclic N) is 1. The second kappa shape index (κ2) is 4.64. The minimum absolute atomic E-state index is 0.168. The van der Waals surface area contributed by atoms with Crippen molar-refractivity contribution in [3.8, 4) is 0 Å². The molecule has 2 N–H and O–H groups in total. The molecule has 0 aromatic heterocycles. The highest BCUT2D eigenvalue weighted by Crippen LogP contribution is 2.26. The first-order valence-corrected chi connectivity index (χ1v) is 5.43. The van der Waals surface area contributed by atoms with Gasteiger partial charge in [0, 0.05) is 18.8 Å². The minimum Gasteiger partial charge on any atom is -0.394 e. The first-order valence-electron chi connectivity index (χ1n) is 5.43. The highest BCUT2D eigenvalue weighted by Gasteiger charge is 2.18. The summed E-state index contributed by atoms with van der Waals surface area (Å²) in [5.74, 6) is 0. The summed E-state index contributed by atoms with van der Waals surface area (Å²) in [4.78, 5) is 2.15. The molecule has 0 radical (unpaired) electrons. The molecule has 1 aliphatic heterocycles. The van der Waals surface area contributed by atoms with E-state index in [0.29, 0.717) is 6.54 Å². The van der Waals surface area contributed by atoms with Crippen molar-refractivity contribution in [2.45, 2.75) is 18.9 Å². The Kier molecular flexibility index (Phi) is 3.23. The van der Waals surface area contributed by atoms with Crippen LogP contribution in [0.3, 0.4) is 0 Å². The predicted molar refractivity (Wildman–Crippen MR) is 60.1 cm³/mol. The quantitative estimate of drug-likeness (QED) is 0.770. The Morgan fingerprint density at radius 2 is 2.13 bits per heavy atom. The average molecular weight is 207 g/mol. The molecule has 0 fully saturated rings. The van der Waals surface area contributed by atoms with Gasteiger partial charge in [0.1, 0.15) is 0 Å². The maximum Gasteiger partial charge on any atom is 0.0945 e. The fourth-order valence-corrected chi connectivity index (χ4v) is 2.11. The van der Waals surface area contributed by atoms with Crippen molar-refractivity contribution < 1.29 is 10.2 Å². The van der Waals surface area contributed by atoms with E-state index < -0.39 is 6.10 Å². The van der Waals surface area contributed by atoms with Crippen LogP contribution in [-0.4, -0.2) is 36.0 Å². The Morgan fingerprint density at radius 3 is 2.93 bits per heavy atom. The van der Waals surface area contributed by atoms with Crippen LogP contribution in [0.4, 0.5) is 5.69 Å². The van der Waals surface area contributed by atoms with E-state index in [1.54, 1.807) is 0 Å². The molecule has 1 atom stereocenters. The van der Waals surface area contributed by atoms with Gasteiger partial charge >= 0.3 is 0 Å². The van der Waals surface area contributed by atoms with Crippen molar-refractivity contribution in [2.75, 3.05) is 24.6 Å². The molecule has 0 amide bonds. The number of hydrogen-bond donors (Lipinski definition) is 2. The highest BCUT2D eigenvalue weighted by atomic mass is 16.3. The molecular formula is C12H17NO2. The van der Waals surface area contributed by atoms with E-state index in [-0.39, 0.29) is 6.61 Å². The van der Waals surface area contributed by atoms with Crippen LogP contribution in [0.25, 0.3) is 0 Å². The summed E-state index contributed by atoms with van der Waals surface area (Å²) in [6, 6.07) is 8.28. The maximum absolute atomic E-state index is 9.44. The van der Waals surface area contributed by atoms with Gasteiger partial charge in [0.25, 0.3) is 0 Å². The van der Waals surface area contributed by atoms with Crippen LogP contribution in [0.2, 0.25) is 0 Å². The van der Waals surface area contributed by atoms with Crippen molar-refractivity contribution in [3.63, 3.8) is 0 Å². The summed E-state index contributed by atoms with van der Waals surface area (Å²) in [5.41, 5.74) is 2.55. The highest BCUT2D eigenvalue weighted by molar-refractivity contribution is 5.55. The van der Waals surface area contributed by atoms with Crippen LogP contribution in [-0.2, 0) is 6.42 Å². The van der Waals surface area contributed by atoms with Crippen molar-refractivity contribution >= 4 is 5.69 Å². The fourth-order valence-electron chi connectivity index (χ4n) is 2.11. The van der Waals surface area contributed by atoms with Crippen LogP contribution < -0.4 is 4.90 Å². The summed E-state index contributed by atoms with van der Waals surface area (Å²) < 4.78 is 0. The van der Waals surface area contributed by atoms with Gasteiger partial charge in [0.2, 0.25) is 0 Å². The molecule has 0 spiro atoms. The minimum atomic E-state index is -0.642. The van der Waals surface area contributed by atoms with Gasteiger partial charge in [0.05, 0.1) is 12.7 Å². The number of para-hydroxylation sites is 1. The first-order chi connectivity index (χ1) is 7.31. The number of rotatable bonds is 3. The summed E-state index contributed by atoms with van der Waals surface area (Å²) in [6.07, 6.45) is 1.59. The zero-order valence-corrected chi connectivity index (χ0v) is 8.76. The lowest BCUT2D eigenvalue weighted by Crippen LogP contribution is -2.37. The maximum atomic E-state index is 9.44. The van der Waals surface area contributed by atoms with Crippen molar-refractivity contribution in [2.24, 2.45) is 0 Å². The largest absolute Gasteiger partial charge is 0.394 e. The lowest BCUT2D eigenvalue weighted by Gasteiger charge is -2.32. The SMILES string of the molecule is OC[C@H](O)CN1CCCc2ccccc21. The third kappa shape index (κ3) is 2.30. The van der Waals surface area contributed by atoms with Crippen molar-refractivity contribution in [1.29, 1.82) is 0 Å². The van der Waals surface area contributed by atoms with Crippen LogP contribution >= 0.6 is 0 Å². The van der Waals surface area contributed by atoms with Gasteiger partial charge in [-0.1, -0.05) is 18.2 Å². The fraction of sp³-hybridized carbons (Fsp3) is 0.500. The van der Waals surface area contributed by atoms with Gasteiger partial charge < -0.3 is 15.1 Å². The molecule has 1 aromatic carbocycles. The Bertz CT molecular complexity index is 327. The number of fused-ring (bicyclic) bond motifs is 1. The van der Waals surface area contributed by atoms with E-state index in [0.717, 1.165) is 19.4 Å². The van der Waals surface area contributed by atoms with Gasteiger partial charge in [-0.25, -0.2) is 0 Å². The summed E-state index contributed by atoms with van der Waals surface area (Å²) in [7, 11) is 0. The zero-order chi connectivity index (χ0) is 10.7. The van der Waals surface area contributed by atoms with E-state index in [2.05, 4.69) is 17.0 Å².